The average Bonchev–Trinajstić information content (AvgIpc) is 2.24. The Morgan fingerprint density at radius 2 is 2.12 bits per heavy atom. The van der Waals surface area contributed by atoms with Crippen molar-refractivity contribution in [2.75, 3.05) is 32.8 Å². The van der Waals surface area contributed by atoms with Crippen LogP contribution in [0.4, 0.5) is 0 Å². The van der Waals surface area contributed by atoms with Crippen molar-refractivity contribution in [3.05, 3.63) is 11.8 Å². The molecule has 1 heterocycles. The van der Waals surface area contributed by atoms with Gasteiger partial charge < -0.3 is 10.1 Å². The number of morpholine rings is 1. The smallest absolute Gasteiger partial charge is 0.106 e. The molecule has 0 spiro atoms. The van der Waals surface area contributed by atoms with Gasteiger partial charge in [0.15, 0.2) is 0 Å². The van der Waals surface area contributed by atoms with Crippen molar-refractivity contribution in [2.24, 2.45) is 5.92 Å². The third-order valence-electron chi connectivity index (χ3n) is 2.77. The highest BCUT2D eigenvalue weighted by molar-refractivity contribution is 4.98. The first-order valence-electron chi connectivity index (χ1n) is 6.85. The highest BCUT2D eigenvalue weighted by atomic mass is 16.5. The highest BCUT2D eigenvalue weighted by Gasteiger charge is 2.15. The Labute approximate surface area is 106 Å². The van der Waals surface area contributed by atoms with Gasteiger partial charge in [-0.25, -0.2) is 0 Å². The molecule has 1 rings (SSSR count). The molecule has 0 aromatic heterocycles. The first kappa shape index (κ1) is 14.5. The number of hydrogen-bond donors (Lipinski definition) is 1. The fourth-order valence-corrected chi connectivity index (χ4v) is 2.05. The third-order valence-corrected chi connectivity index (χ3v) is 2.77. The van der Waals surface area contributed by atoms with E-state index in [1.54, 1.807) is 0 Å². The number of hydrogen-bond acceptors (Lipinski definition) is 3. The van der Waals surface area contributed by atoms with Crippen molar-refractivity contribution in [3.8, 4) is 0 Å². The highest BCUT2D eigenvalue weighted by Crippen LogP contribution is 2.11. The van der Waals surface area contributed by atoms with Gasteiger partial charge >= 0.3 is 0 Å². The van der Waals surface area contributed by atoms with Crippen LogP contribution in [0.3, 0.4) is 0 Å². The fraction of sp³-hybridized carbons (Fsp3) is 0.857. The van der Waals surface area contributed by atoms with Crippen molar-refractivity contribution in [2.45, 2.75) is 40.2 Å². The first-order valence-corrected chi connectivity index (χ1v) is 6.85. The van der Waals surface area contributed by atoms with Gasteiger partial charge in [-0.05, 0) is 25.0 Å². The van der Waals surface area contributed by atoms with Gasteiger partial charge in [-0.3, -0.25) is 4.90 Å². The Kier molecular flexibility index (Phi) is 6.60. The van der Waals surface area contributed by atoms with Crippen LogP contribution in [-0.4, -0.2) is 43.7 Å². The van der Waals surface area contributed by atoms with Crippen molar-refractivity contribution >= 4 is 0 Å². The summed E-state index contributed by atoms with van der Waals surface area (Å²) in [5, 5.41) is 3.41. The molecule has 1 aliphatic heterocycles. The van der Waals surface area contributed by atoms with Crippen LogP contribution < -0.4 is 5.32 Å². The summed E-state index contributed by atoms with van der Waals surface area (Å²) in [6.07, 6.45) is 3.30. The van der Waals surface area contributed by atoms with Gasteiger partial charge in [0.2, 0.25) is 0 Å². The van der Waals surface area contributed by atoms with Crippen molar-refractivity contribution in [1.29, 1.82) is 0 Å². The topological polar surface area (TPSA) is 24.5 Å². The summed E-state index contributed by atoms with van der Waals surface area (Å²) in [6, 6.07) is 0.568. The molecular weight excluding hydrogens is 212 g/mol. The van der Waals surface area contributed by atoms with Gasteiger partial charge in [-0.15, -0.1) is 0 Å². The zero-order chi connectivity index (χ0) is 12.7. The van der Waals surface area contributed by atoms with E-state index in [1.165, 1.54) is 6.54 Å². The average molecular weight is 240 g/mol. The van der Waals surface area contributed by atoms with E-state index in [-0.39, 0.29) is 0 Å². The zero-order valence-electron chi connectivity index (χ0n) is 11.8. The third kappa shape index (κ3) is 6.69. The minimum atomic E-state index is 0.568. The molecule has 100 valence electrons. The molecule has 1 fully saturated rings. The molecule has 0 atom stereocenters. The molecule has 0 aromatic rings. The first-order chi connectivity index (χ1) is 8.08. The molecule has 0 aromatic carbocycles. The van der Waals surface area contributed by atoms with E-state index in [1.807, 2.05) is 0 Å². The van der Waals surface area contributed by atoms with E-state index in [4.69, 9.17) is 4.74 Å². The normalized spacial score (nSPS) is 20.2. The number of nitrogens with one attached hydrogen (secondary N) is 1. The summed E-state index contributed by atoms with van der Waals surface area (Å²) in [6.45, 7) is 14.0. The van der Waals surface area contributed by atoms with E-state index < -0.39 is 0 Å². The minimum absolute atomic E-state index is 0.568. The summed E-state index contributed by atoms with van der Waals surface area (Å²) in [5.41, 5.74) is 0. The van der Waals surface area contributed by atoms with E-state index in [2.05, 4.69) is 44.0 Å². The lowest BCUT2D eigenvalue weighted by Crippen LogP contribution is -2.37. The Hall–Kier alpha value is -0.540. The summed E-state index contributed by atoms with van der Waals surface area (Å²) < 4.78 is 5.69. The molecule has 0 bridgehead atoms. The Morgan fingerprint density at radius 3 is 2.76 bits per heavy atom. The largest absolute Gasteiger partial charge is 0.496 e. The van der Waals surface area contributed by atoms with Gasteiger partial charge in [-0.2, -0.15) is 0 Å². The van der Waals surface area contributed by atoms with E-state index in [0.717, 1.165) is 44.3 Å². The van der Waals surface area contributed by atoms with Crippen LogP contribution in [-0.2, 0) is 4.74 Å². The van der Waals surface area contributed by atoms with Crippen LogP contribution in [0.25, 0.3) is 0 Å². The zero-order valence-corrected chi connectivity index (χ0v) is 11.8. The van der Waals surface area contributed by atoms with E-state index >= 15 is 0 Å². The lowest BCUT2D eigenvalue weighted by atomic mass is 10.2. The molecule has 0 amide bonds. The molecule has 0 saturated carbocycles. The maximum Gasteiger partial charge on any atom is 0.106 e. The van der Waals surface area contributed by atoms with Gasteiger partial charge in [0.1, 0.15) is 12.4 Å². The van der Waals surface area contributed by atoms with Crippen molar-refractivity contribution in [1.82, 2.24) is 10.2 Å². The van der Waals surface area contributed by atoms with E-state index in [9.17, 15) is 0 Å². The fourth-order valence-electron chi connectivity index (χ4n) is 2.05. The number of nitrogens with zero attached hydrogens (tertiary/aromatic N) is 1. The summed E-state index contributed by atoms with van der Waals surface area (Å²) in [5.74, 6) is 1.89. The van der Waals surface area contributed by atoms with Crippen molar-refractivity contribution in [3.63, 3.8) is 0 Å². The molecule has 3 heteroatoms. The quantitative estimate of drug-likeness (QED) is 0.721. The van der Waals surface area contributed by atoms with Crippen molar-refractivity contribution < 1.29 is 4.74 Å². The number of ether oxygens (including phenoxy) is 1. The molecule has 0 aliphatic carbocycles. The molecular formula is C14H28N2O. The second-order valence-electron chi connectivity index (χ2n) is 5.55. The van der Waals surface area contributed by atoms with Crippen LogP contribution in [0.1, 0.15) is 34.1 Å². The molecule has 0 radical (unpaired) electrons. The summed E-state index contributed by atoms with van der Waals surface area (Å²) >= 11 is 0. The minimum Gasteiger partial charge on any atom is -0.496 e. The summed E-state index contributed by atoms with van der Waals surface area (Å²) in [4.78, 5) is 2.48. The second-order valence-corrected chi connectivity index (χ2v) is 5.55. The standard InChI is InChI=1S/C14H28N2O/c1-12(2)10-16-8-9-17-14(11-16)6-5-7-15-13(3)4/h6,12-13,15H,5,7-11H2,1-4H3/b14-6-. The SMILES string of the molecule is CC(C)CN1CCO/C(=C\CCNC(C)C)C1. The molecule has 3 nitrogen and oxygen atoms in total. The van der Waals surface area contributed by atoms with Gasteiger partial charge in [0.25, 0.3) is 0 Å². The summed E-state index contributed by atoms with van der Waals surface area (Å²) in [7, 11) is 0. The van der Waals surface area contributed by atoms with Gasteiger partial charge in [-0.1, -0.05) is 27.7 Å². The predicted octanol–water partition coefficient (Wildman–Crippen LogP) is 2.25. The lowest BCUT2D eigenvalue weighted by Gasteiger charge is -2.30. The maximum absolute atomic E-state index is 5.69. The molecule has 1 saturated heterocycles. The van der Waals surface area contributed by atoms with E-state index in [0.29, 0.717) is 6.04 Å². The van der Waals surface area contributed by atoms with Crippen LogP contribution in [0, 0.1) is 5.92 Å². The maximum atomic E-state index is 5.69. The van der Waals surface area contributed by atoms with Crippen LogP contribution in [0.2, 0.25) is 0 Å². The van der Waals surface area contributed by atoms with Crippen LogP contribution >= 0.6 is 0 Å². The Balaban J connectivity index is 2.25. The Bertz CT molecular complexity index is 236. The van der Waals surface area contributed by atoms with Crippen LogP contribution in [0.5, 0.6) is 0 Å². The van der Waals surface area contributed by atoms with Gasteiger partial charge in [0.05, 0.1) is 6.54 Å². The second kappa shape index (κ2) is 7.72. The Morgan fingerprint density at radius 1 is 1.35 bits per heavy atom. The van der Waals surface area contributed by atoms with Crippen LogP contribution in [0.15, 0.2) is 11.8 Å². The molecule has 0 unspecified atom stereocenters. The predicted molar refractivity (Wildman–Crippen MR) is 73.1 cm³/mol. The molecule has 1 aliphatic rings. The molecule has 1 N–H and O–H groups in total. The monoisotopic (exact) mass is 240 g/mol. The molecule has 17 heavy (non-hydrogen) atoms. The lowest BCUT2D eigenvalue weighted by molar-refractivity contribution is 0.0860. The van der Waals surface area contributed by atoms with Gasteiger partial charge in [0, 0.05) is 19.1 Å². The number of rotatable bonds is 6.